The van der Waals surface area contributed by atoms with Crippen molar-refractivity contribution in [3.05, 3.63) is 63.6 Å². The standard InChI is InChI=1S/C17H21N3O2/c1-4-11-20-16(21)10-9-15(19-20)17(22)18-13(3)14-7-5-12(2)6-8-14/h5-10,13H,4,11H2,1-3H3,(H,18,22). The van der Waals surface area contributed by atoms with E-state index in [-0.39, 0.29) is 23.2 Å². The van der Waals surface area contributed by atoms with Gasteiger partial charge in [-0.05, 0) is 31.9 Å². The highest BCUT2D eigenvalue weighted by atomic mass is 16.2. The van der Waals surface area contributed by atoms with Crippen LogP contribution in [0.5, 0.6) is 0 Å². The molecule has 116 valence electrons. The molecular weight excluding hydrogens is 278 g/mol. The summed E-state index contributed by atoms with van der Waals surface area (Å²) in [6, 6.07) is 10.7. The number of nitrogens with zero attached hydrogens (tertiary/aromatic N) is 2. The van der Waals surface area contributed by atoms with Crippen molar-refractivity contribution in [2.75, 3.05) is 0 Å². The van der Waals surface area contributed by atoms with Crippen LogP contribution in [0.1, 0.15) is 47.9 Å². The molecule has 2 aromatic rings. The molecule has 0 aliphatic rings. The summed E-state index contributed by atoms with van der Waals surface area (Å²) >= 11 is 0. The van der Waals surface area contributed by atoms with Crippen LogP contribution in [-0.2, 0) is 6.54 Å². The van der Waals surface area contributed by atoms with Crippen molar-refractivity contribution in [2.45, 2.75) is 39.8 Å². The second kappa shape index (κ2) is 7.02. The maximum Gasteiger partial charge on any atom is 0.272 e. The van der Waals surface area contributed by atoms with E-state index < -0.39 is 0 Å². The van der Waals surface area contributed by atoms with Gasteiger partial charge in [0.15, 0.2) is 0 Å². The number of hydrogen-bond acceptors (Lipinski definition) is 3. The van der Waals surface area contributed by atoms with Crippen LogP contribution in [0.15, 0.2) is 41.2 Å². The Hall–Kier alpha value is -2.43. The van der Waals surface area contributed by atoms with Gasteiger partial charge in [-0.25, -0.2) is 4.68 Å². The Morgan fingerprint density at radius 3 is 2.55 bits per heavy atom. The quantitative estimate of drug-likeness (QED) is 0.922. The van der Waals surface area contributed by atoms with Crippen LogP contribution >= 0.6 is 0 Å². The number of carbonyl (C=O) groups excluding carboxylic acids is 1. The number of rotatable bonds is 5. The lowest BCUT2D eigenvalue weighted by Crippen LogP contribution is -2.31. The summed E-state index contributed by atoms with van der Waals surface area (Å²) in [5.74, 6) is -0.280. The van der Waals surface area contributed by atoms with Crippen LogP contribution in [0, 0.1) is 6.92 Å². The Labute approximate surface area is 130 Å². The second-order valence-corrected chi connectivity index (χ2v) is 5.39. The van der Waals surface area contributed by atoms with Gasteiger partial charge in [0.25, 0.3) is 11.5 Å². The third-order valence-corrected chi connectivity index (χ3v) is 3.46. The van der Waals surface area contributed by atoms with Crippen LogP contribution in [0.25, 0.3) is 0 Å². The van der Waals surface area contributed by atoms with Crippen molar-refractivity contribution in [3.63, 3.8) is 0 Å². The molecule has 1 heterocycles. The number of carbonyl (C=O) groups is 1. The first-order valence-electron chi connectivity index (χ1n) is 7.47. The lowest BCUT2D eigenvalue weighted by Gasteiger charge is -2.14. The molecule has 2 rings (SSSR count). The summed E-state index contributed by atoms with van der Waals surface area (Å²) in [5, 5.41) is 7.02. The monoisotopic (exact) mass is 299 g/mol. The first-order valence-corrected chi connectivity index (χ1v) is 7.47. The second-order valence-electron chi connectivity index (χ2n) is 5.39. The van der Waals surface area contributed by atoms with E-state index in [0.29, 0.717) is 6.54 Å². The van der Waals surface area contributed by atoms with Gasteiger partial charge in [0.05, 0.1) is 6.04 Å². The number of nitrogens with one attached hydrogen (secondary N) is 1. The summed E-state index contributed by atoms with van der Waals surface area (Å²) in [6.07, 6.45) is 0.789. The molecule has 0 aliphatic carbocycles. The summed E-state index contributed by atoms with van der Waals surface area (Å²) in [7, 11) is 0. The van der Waals surface area contributed by atoms with Gasteiger partial charge < -0.3 is 5.32 Å². The van der Waals surface area contributed by atoms with Crippen molar-refractivity contribution in [3.8, 4) is 0 Å². The minimum atomic E-state index is -0.280. The molecule has 0 spiro atoms. The smallest absolute Gasteiger partial charge is 0.272 e. The molecule has 5 nitrogen and oxygen atoms in total. The third kappa shape index (κ3) is 3.81. The van der Waals surface area contributed by atoms with Gasteiger partial charge in [0.1, 0.15) is 5.69 Å². The summed E-state index contributed by atoms with van der Waals surface area (Å²) in [5.41, 5.74) is 2.27. The molecule has 1 unspecified atom stereocenters. The van der Waals surface area contributed by atoms with E-state index in [0.717, 1.165) is 12.0 Å². The van der Waals surface area contributed by atoms with E-state index in [4.69, 9.17) is 0 Å². The van der Waals surface area contributed by atoms with Crippen LogP contribution in [-0.4, -0.2) is 15.7 Å². The van der Waals surface area contributed by atoms with Crippen molar-refractivity contribution < 1.29 is 4.79 Å². The van der Waals surface area contributed by atoms with E-state index in [2.05, 4.69) is 10.4 Å². The van der Waals surface area contributed by atoms with Crippen molar-refractivity contribution >= 4 is 5.91 Å². The van der Waals surface area contributed by atoms with Gasteiger partial charge in [-0.15, -0.1) is 0 Å². The molecule has 1 aromatic heterocycles. The third-order valence-electron chi connectivity index (χ3n) is 3.46. The minimum Gasteiger partial charge on any atom is -0.344 e. The highest BCUT2D eigenvalue weighted by Crippen LogP contribution is 2.13. The van der Waals surface area contributed by atoms with E-state index in [1.807, 2.05) is 45.0 Å². The fraction of sp³-hybridized carbons (Fsp3) is 0.353. The Bertz CT molecular complexity index is 705. The molecule has 5 heteroatoms. The first kappa shape index (κ1) is 15.9. The predicted octanol–water partition coefficient (Wildman–Crippen LogP) is 2.45. The average molecular weight is 299 g/mol. The van der Waals surface area contributed by atoms with Gasteiger partial charge in [0.2, 0.25) is 0 Å². The van der Waals surface area contributed by atoms with Crippen LogP contribution < -0.4 is 10.9 Å². The lowest BCUT2D eigenvalue weighted by molar-refractivity contribution is 0.0932. The van der Waals surface area contributed by atoms with E-state index >= 15 is 0 Å². The Balaban J connectivity index is 2.13. The summed E-state index contributed by atoms with van der Waals surface area (Å²) in [4.78, 5) is 23.9. The molecule has 22 heavy (non-hydrogen) atoms. The molecule has 1 aromatic carbocycles. The normalized spacial score (nSPS) is 12.0. The zero-order chi connectivity index (χ0) is 16.1. The number of hydrogen-bond donors (Lipinski definition) is 1. The molecule has 0 saturated heterocycles. The number of amides is 1. The van der Waals surface area contributed by atoms with Crippen LogP contribution in [0.2, 0.25) is 0 Å². The molecule has 1 atom stereocenters. The molecular formula is C17H21N3O2. The van der Waals surface area contributed by atoms with Gasteiger partial charge in [-0.2, -0.15) is 5.10 Å². The molecule has 0 aliphatic heterocycles. The fourth-order valence-electron chi connectivity index (χ4n) is 2.15. The Kier molecular flexibility index (Phi) is 5.09. The van der Waals surface area contributed by atoms with Crippen LogP contribution in [0.4, 0.5) is 0 Å². The lowest BCUT2D eigenvalue weighted by atomic mass is 10.1. The highest BCUT2D eigenvalue weighted by Gasteiger charge is 2.13. The van der Waals surface area contributed by atoms with Crippen molar-refractivity contribution in [1.29, 1.82) is 0 Å². The average Bonchev–Trinajstić information content (AvgIpc) is 2.50. The van der Waals surface area contributed by atoms with Crippen molar-refractivity contribution in [2.24, 2.45) is 0 Å². The van der Waals surface area contributed by atoms with Gasteiger partial charge in [-0.1, -0.05) is 36.8 Å². The maximum atomic E-state index is 12.3. The number of aromatic nitrogens is 2. The molecule has 1 amide bonds. The van der Waals surface area contributed by atoms with Gasteiger partial charge >= 0.3 is 0 Å². The Morgan fingerprint density at radius 1 is 1.23 bits per heavy atom. The summed E-state index contributed by atoms with van der Waals surface area (Å²) in [6.45, 7) is 6.41. The Morgan fingerprint density at radius 2 is 1.91 bits per heavy atom. The van der Waals surface area contributed by atoms with Crippen LogP contribution in [0.3, 0.4) is 0 Å². The predicted molar refractivity (Wildman–Crippen MR) is 85.8 cm³/mol. The van der Waals surface area contributed by atoms with E-state index in [9.17, 15) is 9.59 Å². The van der Waals surface area contributed by atoms with E-state index in [1.54, 1.807) is 0 Å². The zero-order valence-corrected chi connectivity index (χ0v) is 13.2. The number of benzene rings is 1. The largest absolute Gasteiger partial charge is 0.344 e. The molecule has 0 radical (unpaired) electrons. The number of aryl methyl sites for hydroxylation is 2. The fourth-order valence-corrected chi connectivity index (χ4v) is 2.15. The minimum absolute atomic E-state index is 0.124. The molecule has 0 saturated carbocycles. The zero-order valence-electron chi connectivity index (χ0n) is 13.2. The molecule has 1 N–H and O–H groups in total. The molecule has 0 fully saturated rings. The maximum absolute atomic E-state index is 12.3. The SMILES string of the molecule is CCCn1nc(C(=O)NC(C)c2ccc(C)cc2)ccc1=O. The van der Waals surface area contributed by atoms with Gasteiger partial charge in [0, 0.05) is 12.6 Å². The topological polar surface area (TPSA) is 64.0 Å². The molecule has 0 bridgehead atoms. The first-order chi connectivity index (χ1) is 10.5. The van der Waals surface area contributed by atoms with E-state index in [1.165, 1.54) is 22.4 Å². The van der Waals surface area contributed by atoms with Gasteiger partial charge in [-0.3, -0.25) is 9.59 Å². The summed E-state index contributed by atoms with van der Waals surface area (Å²) < 4.78 is 1.32. The van der Waals surface area contributed by atoms with Crippen molar-refractivity contribution in [1.82, 2.24) is 15.1 Å². The highest BCUT2D eigenvalue weighted by molar-refractivity contribution is 5.92.